The van der Waals surface area contributed by atoms with Crippen molar-refractivity contribution in [2.45, 2.75) is 12.2 Å². The molecule has 1 aromatic rings. The average Bonchev–Trinajstić information content (AvgIpc) is 2.26. The molecule has 2 rings (SSSR count). The molecular weight excluding hydrogens is 242 g/mol. The number of aliphatic hydroxyl groups is 2. The van der Waals surface area contributed by atoms with Gasteiger partial charge in [0.25, 0.3) is 0 Å². The Hall–Kier alpha value is -0.810. The highest BCUT2D eigenvalue weighted by Gasteiger charge is 2.29. The first-order valence-electron chi connectivity index (χ1n) is 5.61. The Morgan fingerprint density at radius 1 is 1.47 bits per heavy atom. The van der Waals surface area contributed by atoms with E-state index in [1.54, 1.807) is 12.1 Å². The van der Waals surface area contributed by atoms with Crippen molar-refractivity contribution >= 4 is 11.6 Å². The fourth-order valence-corrected chi connectivity index (χ4v) is 2.01. The number of β-amino-alcohol motifs (C(OH)–C–C–N with tert-alkyl or cyclic N) is 1. The zero-order chi connectivity index (χ0) is 12.3. The lowest BCUT2D eigenvalue weighted by molar-refractivity contribution is -0.0201. The van der Waals surface area contributed by atoms with Gasteiger partial charge in [-0.15, -0.1) is 0 Å². The standard InChI is InChI=1S/C12H16ClNO3/c13-9-2-1-3-11(4-9)17-12-6-14(7-12)5-10(16)8-15/h1-4,10,12,15-16H,5-8H2. The molecule has 17 heavy (non-hydrogen) atoms. The van der Waals surface area contributed by atoms with Gasteiger partial charge in [0.2, 0.25) is 0 Å². The van der Waals surface area contributed by atoms with Gasteiger partial charge < -0.3 is 14.9 Å². The van der Waals surface area contributed by atoms with E-state index < -0.39 is 6.10 Å². The van der Waals surface area contributed by atoms with Crippen molar-refractivity contribution < 1.29 is 14.9 Å². The molecular formula is C12H16ClNO3. The quantitative estimate of drug-likeness (QED) is 0.818. The van der Waals surface area contributed by atoms with Gasteiger partial charge in [-0.25, -0.2) is 0 Å². The molecule has 0 aromatic heterocycles. The summed E-state index contributed by atoms with van der Waals surface area (Å²) in [6.07, 6.45) is -0.526. The molecule has 0 amide bonds. The lowest BCUT2D eigenvalue weighted by Gasteiger charge is -2.39. The smallest absolute Gasteiger partial charge is 0.124 e. The molecule has 2 N–H and O–H groups in total. The number of rotatable bonds is 5. The van der Waals surface area contributed by atoms with E-state index in [9.17, 15) is 5.11 Å². The number of hydrogen-bond donors (Lipinski definition) is 2. The Bertz CT molecular complexity index is 369. The van der Waals surface area contributed by atoms with E-state index >= 15 is 0 Å². The summed E-state index contributed by atoms with van der Waals surface area (Å²) >= 11 is 5.85. The first kappa shape index (κ1) is 12.6. The van der Waals surface area contributed by atoms with Gasteiger partial charge in [0.05, 0.1) is 12.7 Å². The molecule has 0 radical (unpaired) electrons. The highest BCUT2D eigenvalue weighted by Crippen LogP contribution is 2.21. The van der Waals surface area contributed by atoms with Crippen LogP contribution >= 0.6 is 11.6 Å². The Morgan fingerprint density at radius 2 is 2.24 bits per heavy atom. The number of likely N-dealkylation sites (tertiary alicyclic amines) is 1. The van der Waals surface area contributed by atoms with Crippen LogP contribution in [0, 0.1) is 0 Å². The molecule has 4 nitrogen and oxygen atoms in total. The second-order valence-electron chi connectivity index (χ2n) is 4.25. The number of hydrogen-bond acceptors (Lipinski definition) is 4. The number of halogens is 1. The molecule has 5 heteroatoms. The largest absolute Gasteiger partial charge is 0.488 e. The highest BCUT2D eigenvalue weighted by atomic mass is 35.5. The zero-order valence-corrected chi connectivity index (χ0v) is 10.2. The van der Waals surface area contributed by atoms with E-state index in [0.29, 0.717) is 11.6 Å². The maximum absolute atomic E-state index is 9.26. The van der Waals surface area contributed by atoms with E-state index in [0.717, 1.165) is 18.8 Å². The highest BCUT2D eigenvalue weighted by molar-refractivity contribution is 6.30. The van der Waals surface area contributed by atoms with Gasteiger partial charge in [-0.1, -0.05) is 17.7 Å². The van der Waals surface area contributed by atoms with Crippen LogP contribution in [0.1, 0.15) is 0 Å². The van der Waals surface area contributed by atoms with Crippen molar-refractivity contribution in [1.29, 1.82) is 0 Å². The maximum Gasteiger partial charge on any atom is 0.124 e. The molecule has 1 aliphatic rings. The van der Waals surface area contributed by atoms with Gasteiger partial charge in [-0.2, -0.15) is 0 Å². The van der Waals surface area contributed by atoms with Gasteiger partial charge in [0, 0.05) is 24.7 Å². The van der Waals surface area contributed by atoms with Gasteiger partial charge in [0.1, 0.15) is 11.9 Å². The molecule has 1 aliphatic heterocycles. The lowest BCUT2D eigenvalue weighted by Crippen LogP contribution is -2.56. The van der Waals surface area contributed by atoms with E-state index in [1.165, 1.54) is 0 Å². The molecule has 0 spiro atoms. The third kappa shape index (κ3) is 3.57. The molecule has 1 fully saturated rings. The van der Waals surface area contributed by atoms with Crippen LogP contribution < -0.4 is 4.74 Å². The van der Waals surface area contributed by atoms with Crippen LogP contribution in [0.15, 0.2) is 24.3 Å². The maximum atomic E-state index is 9.26. The molecule has 1 atom stereocenters. The third-order valence-corrected chi connectivity index (χ3v) is 2.94. The Morgan fingerprint density at radius 3 is 2.88 bits per heavy atom. The minimum atomic E-state index is -0.665. The molecule has 1 unspecified atom stereocenters. The summed E-state index contributed by atoms with van der Waals surface area (Å²) in [5.41, 5.74) is 0. The van der Waals surface area contributed by atoms with Gasteiger partial charge in [0.15, 0.2) is 0 Å². The van der Waals surface area contributed by atoms with E-state index in [4.69, 9.17) is 21.4 Å². The number of nitrogens with zero attached hydrogens (tertiary/aromatic N) is 1. The molecule has 1 heterocycles. The number of benzene rings is 1. The van der Waals surface area contributed by atoms with Crippen LogP contribution in [-0.4, -0.2) is 53.6 Å². The van der Waals surface area contributed by atoms with Crippen molar-refractivity contribution in [3.05, 3.63) is 29.3 Å². The van der Waals surface area contributed by atoms with Crippen molar-refractivity contribution in [2.75, 3.05) is 26.2 Å². The van der Waals surface area contributed by atoms with Crippen LogP contribution in [0.3, 0.4) is 0 Å². The second-order valence-corrected chi connectivity index (χ2v) is 4.69. The summed E-state index contributed by atoms with van der Waals surface area (Å²) < 4.78 is 5.71. The van der Waals surface area contributed by atoms with E-state index in [2.05, 4.69) is 0 Å². The SMILES string of the molecule is OCC(O)CN1CC(Oc2cccc(Cl)c2)C1. The average molecular weight is 258 g/mol. The lowest BCUT2D eigenvalue weighted by atomic mass is 10.1. The van der Waals surface area contributed by atoms with Crippen LogP contribution in [0.5, 0.6) is 5.75 Å². The third-order valence-electron chi connectivity index (χ3n) is 2.70. The summed E-state index contributed by atoms with van der Waals surface area (Å²) in [7, 11) is 0. The topological polar surface area (TPSA) is 52.9 Å². The first-order chi connectivity index (χ1) is 8.17. The van der Waals surface area contributed by atoms with Crippen LogP contribution in [-0.2, 0) is 0 Å². The normalized spacial score (nSPS) is 18.8. The summed E-state index contributed by atoms with van der Waals surface area (Å²) in [6.45, 7) is 1.83. The summed E-state index contributed by atoms with van der Waals surface area (Å²) in [5, 5.41) is 18.6. The van der Waals surface area contributed by atoms with Crippen molar-refractivity contribution in [3.8, 4) is 5.75 Å². The van der Waals surface area contributed by atoms with Crippen LogP contribution in [0.25, 0.3) is 0 Å². The van der Waals surface area contributed by atoms with Crippen LogP contribution in [0.2, 0.25) is 5.02 Å². The fourth-order valence-electron chi connectivity index (χ4n) is 1.83. The van der Waals surface area contributed by atoms with Crippen molar-refractivity contribution in [2.24, 2.45) is 0 Å². The minimum absolute atomic E-state index is 0.138. The van der Waals surface area contributed by atoms with Gasteiger partial charge in [-0.05, 0) is 18.2 Å². The summed E-state index contributed by atoms with van der Waals surface area (Å²) in [4.78, 5) is 2.04. The predicted octanol–water partition coefficient (Wildman–Crippen LogP) is 0.756. The van der Waals surface area contributed by atoms with E-state index in [1.807, 2.05) is 17.0 Å². The Balaban J connectivity index is 1.74. The molecule has 1 aromatic carbocycles. The minimum Gasteiger partial charge on any atom is -0.488 e. The first-order valence-corrected chi connectivity index (χ1v) is 5.98. The van der Waals surface area contributed by atoms with Gasteiger partial charge >= 0.3 is 0 Å². The Labute approximate surface area is 105 Å². The Kier molecular flexibility index (Phi) is 4.23. The molecule has 0 aliphatic carbocycles. The second kappa shape index (κ2) is 5.69. The molecule has 94 valence electrons. The fraction of sp³-hybridized carbons (Fsp3) is 0.500. The molecule has 0 saturated carbocycles. The zero-order valence-electron chi connectivity index (χ0n) is 9.42. The van der Waals surface area contributed by atoms with E-state index in [-0.39, 0.29) is 12.7 Å². The molecule has 1 saturated heterocycles. The van der Waals surface area contributed by atoms with Crippen LogP contribution in [0.4, 0.5) is 0 Å². The number of aliphatic hydroxyl groups excluding tert-OH is 2. The monoisotopic (exact) mass is 257 g/mol. The van der Waals surface area contributed by atoms with Gasteiger partial charge in [-0.3, -0.25) is 4.90 Å². The molecule has 0 bridgehead atoms. The number of ether oxygens (including phenoxy) is 1. The predicted molar refractivity (Wildman–Crippen MR) is 65.4 cm³/mol. The van der Waals surface area contributed by atoms with Crippen molar-refractivity contribution in [3.63, 3.8) is 0 Å². The summed E-state index contributed by atoms with van der Waals surface area (Å²) in [6, 6.07) is 7.31. The van der Waals surface area contributed by atoms with Crippen molar-refractivity contribution in [1.82, 2.24) is 4.90 Å². The summed E-state index contributed by atoms with van der Waals surface area (Å²) in [5.74, 6) is 0.768.